The van der Waals surface area contributed by atoms with E-state index in [1.54, 1.807) is 19.1 Å². The summed E-state index contributed by atoms with van der Waals surface area (Å²) in [5, 5.41) is 10.9. The fourth-order valence-corrected chi connectivity index (χ4v) is 2.52. The Morgan fingerprint density at radius 3 is 2.63 bits per heavy atom. The van der Waals surface area contributed by atoms with Gasteiger partial charge in [-0.1, -0.05) is 45.7 Å². The Hall–Kier alpha value is -0.900. The average Bonchev–Trinajstić information content (AvgIpc) is 2.33. The molecule has 0 aromatic heterocycles. The molecule has 0 saturated heterocycles. The summed E-state index contributed by atoms with van der Waals surface area (Å²) in [5.74, 6) is -0.400. The summed E-state index contributed by atoms with van der Waals surface area (Å²) >= 11 is 9.08. The third kappa shape index (κ3) is 3.56. The van der Waals surface area contributed by atoms with E-state index in [1.165, 1.54) is 6.07 Å². The number of rotatable bonds is 3. The second kappa shape index (κ2) is 5.61. The van der Waals surface area contributed by atoms with Crippen LogP contribution in [0.5, 0.6) is 0 Å². The van der Waals surface area contributed by atoms with Gasteiger partial charge >= 0.3 is 0 Å². The first-order valence-corrected chi connectivity index (χ1v) is 6.98. The molecule has 19 heavy (non-hydrogen) atoms. The highest BCUT2D eigenvalue weighted by Gasteiger charge is 2.25. The van der Waals surface area contributed by atoms with Gasteiger partial charge in [0.2, 0.25) is 0 Å². The summed E-state index contributed by atoms with van der Waals surface area (Å²) in [7, 11) is 0. The molecule has 100 valence electrons. The van der Waals surface area contributed by atoms with Crippen LogP contribution in [0.1, 0.15) is 18.1 Å². The molecule has 1 nitrogen and oxygen atoms in total. The van der Waals surface area contributed by atoms with Gasteiger partial charge in [0.1, 0.15) is 5.82 Å². The van der Waals surface area contributed by atoms with E-state index in [2.05, 4.69) is 15.9 Å². The third-order valence-electron chi connectivity index (χ3n) is 3.00. The summed E-state index contributed by atoms with van der Waals surface area (Å²) < 4.78 is 14.6. The molecule has 0 fully saturated rings. The SMILES string of the molecule is CC(O)(Cc1ccc(Cl)cc1F)c1cccc(Br)c1. The van der Waals surface area contributed by atoms with Crippen LogP contribution < -0.4 is 0 Å². The largest absolute Gasteiger partial charge is 0.385 e. The lowest BCUT2D eigenvalue weighted by Crippen LogP contribution is -2.24. The van der Waals surface area contributed by atoms with Crippen molar-refractivity contribution in [3.63, 3.8) is 0 Å². The number of hydrogen-bond donors (Lipinski definition) is 1. The van der Waals surface area contributed by atoms with E-state index in [1.807, 2.05) is 24.3 Å². The Bertz CT molecular complexity index is 598. The van der Waals surface area contributed by atoms with Crippen molar-refractivity contribution in [3.8, 4) is 0 Å². The first-order valence-electron chi connectivity index (χ1n) is 5.81. The lowest BCUT2D eigenvalue weighted by molar-refractivity contribution is 0.0566. The van der Waals surface area contributed by atoms with Crippen molar-refractivity contribution in [3.05, 3.63) is 68.9 Å². The Balaban J connectivity index is 2.30. The van der Waals surface area contributed by atoms with Crippen molar-refractivity contribution in [2.24, 2.45) is 0 Å². The van der Waals surface area contributed by atoms with Crippen LogP contribution in [0.2, 0.25) is 5.02 Å². The van der Waals surface area contributed by atoms with Crippen molar-refractivity contribution in [2.45, 2.75) is 18.9 Å². The van der Waals surface area contributed by atoms with Gasteiger partial charge in [-0.2, -0.15) is 0 Å². The summed E-state index contributed by atoms with van der Waals surface area (Å²) in [5.41, 5.74) is 0.0314. The predicted molar refractivity (Wildman–Crippen MR) is 78.8 cm³/mol. The van der Waals surface area contributed by atoms with Crippen LogP contribution in [-0.4, -0.2) is 5.11 Å². The van der Waals surface area contributed by atoms with E-state index in [0.717, 1.165) is 10.0 Å². The van der Waals surface area contributed by atoms with Gasteiger partial charge in [-0.05, 0) is 42.3 Å². The molecule has 2 aromatic rings. The van der Waals surface area contributed by atoms with Crippen molar-refractivity contribution < 1.29 is 9.50 Å². The van der Waals surface area contributed by atoms with Crippen LogP contribution in [0.3, 0.4) is 0 Å². The third-order valence-corrected chi connectivity index (χ3v) is 3.72. The monoisotopic (exact) mass is 342 g/mol. The molecule has 1 unspecified atom stereocenters. The number of hydrogen-bond acceptors (Lipinski definition) is 1. The second-order valence-electron chi connectivity index (χ2n) is 4.70. The molecular formula is C15H13BrClFO. The number of halogens is 3. The minimum absolute atomic E-state index is 0.187. The molecule has 0 aliphatic rings. The molecule has 4 heteroatoms. The summed E-state index contributed by atoms with van der Waals surface area (Å²) in [6.07, 6.45) is 0.187. The molecule has 2 aromatic carbocycles. The Morgan fingerprint density at radius 1 is 1.26 bits per heavy atom. The fraction of sp³-hybridized carbons (Fsp3) is 0.200. The molecule has 0 heterocycles. The fourth-order valence-electron chi connectivity index (χ4n) is 1.96. The molecule has 2 rings (SSSR count). The maximum Gasteiger partial charge on any atom is 0.127 e. The normalized spacial score (nSPS) is 14.2. The van der Waals surface area contributed by atoms with Gasteiger partial charge in [-0.15, -0.1) is 0 Å². The van der Waals surface area contributed by atoms with Gasteiger partial charge in [0.15, 0.2) is 0 Å². The standard InChI is InChI=1S/C15H13BrClFO/c1-15(19,11-3-2-4-12(16)7-11)9-10-5-6-13(17)8-14(10)18/h2-8,19H,9H2,1H3. The van der Waals surface area contributed by atoms with Gasteiger partial charge in [-0.25, -0.2) is 4.39 Å². The Morgan fingerprint density at radius 2 is 2.00 bits per heavy atom. The molecule has 0 bridgehead atoms. The second-order valence-corrected chi connectivity index (χ2v) is 6.05. The zero-order valence-electron chi connectivity index (χ0n) is 10.3. The van der Waals surface area contributed by atoms with Crippen molar-refractivity contribution in [1.29, 1.82) is 0 Å². The number of aliphatic hydroxyl groups is 1. The maximum atomic E-state index is 13.8. The highest BCUT2D eigenvalue weighted by molar-refractivity contribution is 9.10. The van der Waals surface area contributed by atoms with Gasteiger partial charge in [-0.3, -0.25) is 0 Å². The van der Waals surface area contributed by atoms with Crippen LogP contribution in [0.25, 0.3) is 0 Å². The summed E-state index contributed by atoms with van der Waals surface area (Å²) in [6, 6.07) is 11.8. The van der Waals surface area contributed by atoms with E-state index >= 15 is 0 Å². The molecule has 0 aliphatic carbocycles. The Labute approximate surface area is 125 Å². The molecule has 1 atom stereocenters. The average molecular weight is 344 g/mol. The van der Waals surface area contributed by atoms with Gasteiger partial charge in [0.25, 0.3) is 0 Å². The van der Waals surface area contributed by atoms with Crippen LogP contribution in [0, 0.1) is 5.82 Å². The van der Waals surface area contributed by atoms with Gasteiger partial charge in [0, 0.05) is 15.9 Å². The van der Waals surface area contributed by atoms with Crippen molar-refractivity contribution in [1.82, 2.24) is 0 Å². The van der Waals surface area contributed by atoms with Crippen LogP contribution in [-0.2, 0) is 12.0 Å². The molecular weight excluding hydrogens is 331 g/mol. The van der Waals surface area contributed by atoms with E-state index in [0.29, 0.717) is 10.6 Å². The topological polar surface area (TPSA) is 20.2 Å². The van der Waals surface area contributed by atoms with E-state index in [9.17, 15) is 9.50 Å². The summed E-state index contributed by atoms with van der Waals surface area (Å²) in [4.78, 5) is 0. The quantitative estimate of drug-likeness (QED) is 0.857. The van der Waals surface area contributed by atoms with E-state index in [-0.39, 0.29) is 6.42 Å². The highest BCUT2D eigenvalue weighted by atomic mass is 79.9. The molecule has 0 radical (unpaired) electrons. The smallest absolute Gasteiger partial charge is 0.127 e. The first-order chi connectivity index (χ1) is 8.88. The molecule has 0 saturated carbocycles. The van der Waals surface area contributed by atoms with Crippen LogP contribution in [0.15, 0.2) is 46.9 Å². The van der Waals surface area contributed by atoms with Gasteiger partial charge < -0.3 is 5.11 Å². The Kier molecular flexibility index (Phi) is 4.29. The molecule has 0 amide bonds. The number of benzene rings is 2. The zero-order valence-corrected chi connectivity index (χ0v) is 12.7. The van der Waals surface area contributed by atoms with Crippen LogP contribution in [0.4, 0.5) is 4.39 Å². The minimum Gasteiger partial charge on any atom is -0.385 e. The lowest BCUT2D eigenvalue weighted by Gasteiger charge is -2.24. The highest BCUT2D eigenvalue weighted by Crippen LogP contribution is 2.29. The minimum atomic E-state index is -1.14. The van der Waals surface area contributed by atoms with Crippen molar-refractivity contribution in [2.75, 3.05) is 0 Å². The predicted octanol–water partition coefficient (Wildman–Crippen LogP) is 4.69. The first kappa shape index (κ1) is 14.5. The molecule has 0 aliphatic heterocycles. The maximum absolute atomic E-state index is 13.8. The summed E-state index contributed by atoms with van der Waals surface area (Å²) in [6.45, 7) is 1.67. The van der Waals surface area contributed by atoms with E-state index < -0.39 is 11.4 Å². The lowest BCUT2D eigenvalue weighted by atomic mass is 9.89. The molecule has 1 N–H and O–H groups in total. The van der Waals surface area contributed by atoms with Gasteiger partial charge in [0.05, 0.1) is 5.60 Å². The molecule has 0 spiro atoms. The van der Waals surface area contributed by atoms with Crippen molar-refractivity contribution >= 4 is 27.5 Å². The van der Waals surface area contributed by atoms with E-state index in [4.69, 9.17) is 11.6 Å². The van der Waals surface area contributed by atoms with Crippen LogP contribution >= 0.6 is 27.5 Å². The zero-order chi connectivity index (χ0) is 14.0.